The molecule has 1 N–H and O–H groups in total. The normalized spacial score (nSPS) is 28.6. The van der Waals surface area contributed by atoms with Gasteiger partial charge in [-0.15, -0.1) is 0 Å². The Labute approximate surface area is 99.7 Å². The molecule has 0 amide bonds. The number of benzene rings is 1. The van der Waals surface area contributed by atoms with Crippen LogP contribution in [0.25, 0.3) is 0 Å². The summed E-state index contributed by atoms with van der Waals surface area (Å²) in [5.74, 6) is 1.37. The molecule has 1 saturated heterocycles. The Morgan fingerprint density at radius 2 is 2.31 bits per heavy atom. The van der Waals surface area contributed by atoms with Crippen molar-refractivity contribution in [1.29, 1.82) is 0 Å². The number of fused-ring (bicyclic) bond motifs is 1. The molecule has 2 atom stereocenters. The molecule has 16 heavy (non-hydrogen) atoms. The van der Waals surface area contributed by atoms with E-state index in [0.717, 1.165) is 35.8 Å². The van der Waals surface area contributed by atoms with Crippen LogP contribution in [0.5, 0.6) is 5.75 Å². The Morgan fingerprint density at radius 3 is 3.12 bits per heavy atom. The molecule has 0 radical (unpaired) electrons. The van der Waals surface area contributed by atoms with Crippen LogP contribution in [0.15, 0.2) is 18.2 Å². The molecule has 0 saturated carbocycles. The van der Waals surface area contributed by atoms with Gasteiger partial charge in [-0.1, -0.05) is 11.6 Å². The second kappa shape index (κ2) is 4.24. The molecule has 2 aliphatic rings. The summed E-state index contributed by atoms with van der Waals surface area (Å²) in [6, 6.07) is 5.69. The van der Waals surface area contributed by atoms with Crippen LogP contribution in [0.2, 0.25) is 5.02 Å². The molecule has 0 aromatic heterocycles. The molecule has 2 aliphatic heterocycles. The van der Waals surface area contributed by atoms with Gasteiger partial charge >= 0.3 is 0 Å². The number of rotatable bonds is 1. The Balaban J connectivity index is 1.78. The topological polar surface area (TPSA) is 30.5 Å². The molecule has 1 aromatic carbocycles. The van der Waals surface area contributed by atoms with Gasteiger partial charge in [0.05, 0.1) is 6.61 Å². The summed E-state index contributed by atoms with van der Waals surface area (Å²) in [5.41, 5.74) is 1.04. The third-order valence-corrected chi connectivity index (χ3v) is 3.39. The summed E-state index contributed by atoms with van der Waals surface area (Å²) in [5, 5.41) is 4.05. The van der Waals surface area contributed by atoms with E-state index >= 15 is 0 Å². The molecule has 0 aliphatic carbocycles. The number of halogens is 1. The lowest BCUT2D eigenvalue weighted by molar-refractivity contribution is -0.136. The van der Waals surface area contributed by atoms with Crippen molar-refractivity contribution in [2.45, 2.75) is 19.3 Å². The molecule has 1 aromatic rings. The molecule has 1 fully saturated rings. The molecule has 2 unspecified atom stereocenters. The van der Waals surface area contributed by atoms with Gasteiger partial charge in [-0.05, 0) is 31.2 Å². The highest BCUT2D eigenvalue weighted by atomic mass is 35.5. The predicted molar refractivity (Wildman–Crippen MR) is 61.6 cm³/mol. The van der Waals surface area contributed by atoms with Gasteiger partial charge in [0.15, 0.2) is 0 Å². The highest BCUT2D eigenvalue weighted by Gasteiger charge is 2.30. The maximum atomic E-state index is 5.92. The fourth-order valence-electron chi connectivity index (χ4n) is 2.25. The molecular formula is C12H14ClNO2. The van der Waals surface area contributed by atoms with E-state index < -0.39 is 0 Å². The average molecular weight is 240 g/mol. The van der Waals surface area contributed by atoms with Gasteiger partial charge in [0, 0.05) is 23.0 Å². The maximum Gasteiger partial charge on any atom is 0.204 e. The minimum Gasteiger partial charge on any atom is -0.464 e. The number of hydrogen-bond donors (Lipinski definition) is 1. The van der Waals surface area contributed by atoms with E-state index in [-0.39, 0.29) is 6.29 Å². The summed E-state index contributed by atoms with van der Waals surface area (Å²) in [6.45, 7) is 2.63. The van der Waals surface area contributed by atoms with Crippen molar-refractivity contribution in [2.75, 3.05) is 13.1 Å². The smallest absolute Gasteiger partial charge is 0.204 e. The first kappa shape index (κ1) is 10.4. The zero-order valence-electron chi connectivity index (χ0n) is 8.91. The molecule has 4 heteroatoms. The van der Waals surface area contributed by atoms with Gasteiger partial charge < -0.3 is 14.8 Å². The zero-order valence-corrected chi connectivity index (χ0v) is 9.67. The molecular weight excluding hydrogens is 226 g/mol. The molecule has 0 bridgehead atoms. The van der Waals surface area contributed by atoms with E-state index in [9.17, 15) is 0 Å². The minimum absolute atomic E-state index is 0.108. The van der Waals surface area contributed by atoms with Gasteiger partial charge in [0.2, 0.25) is 6.29 Å². The second-order valence-electron chi connectivity index (χ2n) is 4.30. The van der Waals surface area contributed by atoms with Crippen LogP contribution in [-0.2, 0) is 11.3 Å². The van der Waals surface area contributed by atoms with Crippen molar-refractivity contribution in [3.05, 3.63) is 28.8 Å². The van der Waals surface area contributed by atoms with E-state index in [1.165, 1.54) is 0 Å². The summed E-state index contributed by atoms with van der Waals surface area (Å²) in [6.07, 6.45) is 1.01. The van der Waals surface area contributed by atoms with E-state index in [1.807, 2.05) is 18.2 Å². The van der Waals surface area contributed by atoms with Crippen molar-refractivity contribution in [2.24, 2.45) is 5.92 Å². The lowest BCUT2D eigenvalue weighted by Crippen LogP contribution is -2.34. The van der Waals surface area contributed by atoms with E-state index in [1.54, 1.807) is 0 Å². The average Bonchev–Trinajstić information content (AvgIpc) is 2.82. The fourth-order valence-corrected chi connectivity index (χ4v) is 2.44. The van der Waals surface area contributed by atoms with Crippen molar-refractivity contribution in [3.63, 3.8) is 0 Å². The van der Waals surface area contributed by atoms with Crippen LogP contribution in [0.3, 0.4) is 0 Å². The van der Waals surface area contributed by atoms with Crippen LogP contribution in [-0.4, -0.2) is 19.4 Å². The summed E-state index contributed by atoms with van der Waals surface area (Å²) in [7, 11) is 0. The van der Waals surface area contributed by atoms with Gasteiger partial charge in [-0.25, -0.2) is 0 Å². The van der Waals surface area contributed by atoms with Crippen molar-refractivity contribution >= 4 is 11.6 Å². The van der Waals surface area contributed by atoms with Gasteiger partial charge in [-0.2, -0.15) is 0 Å². The number of ether oxygens (including phenoxy) is 2. The van der Waals surface area contributed by atoms with Crippen molar-refractivity contribution < 1.29 is 9.47 Å². The zero-order chi connectivity index (χ0) is 11.0. The van der Waals surface area contributed by atoms with E-state index in [4.69, 9.17) is 21.1 Å². The van der Waals surface area contributed by atoms with Crippen LogP contribution in [0.4, 0.5) is 0 Å². The van der Waals surface area contributed by atoms with Crippen molar-refractivity contribution in [3.8, 4) is 5.75 Å². The van der Waals surface area contributed by atoms with Crippen LogP contribution in [0, 0.1) is 5.92 Å². The highest BCUT2D eigenvalue weighted by molar-refractivity contribution is 6.30. The summed E-state index contributed by atoms with van der Waals surface area (Å²) >= 11 is 5.92. The van der Waals surface area contributed by atoms with Gasteiger partial charge in [0.1, 0.15) is 5.75 Å². The lowest BCUT2D eigenvalue weighted by Gasteiger charge is -2.30. The lowest BCUT2D eigenvalue weighted by atomic mass is 10.1. The van der Waals surface area contributed by atoms with Crippen LogP contribution in [0.1, 0.15) is 12.0 Å². The standard InChI is InChI=1S/C12H14ClNO2/c13-10-1-2-11-9(5-10)7-15-12(16-11)8-3-4-14-6-8/h1-2,5,8,12,14H,3-4,6-7H2. The molecule has 0 spiro atoms. The third-order valence-electron chi connectivity index (χ3n) is 3.15. The van der Waals surface area contributed by atoms with E-state index in [0.29, 0.717) is 12.5 Å². The maximum absolute atomic E-state index is 5.92. The molecule has 86 valence electrons. The van der Waals surface area contributed by atoms with Gasteiger partial charge in [-0.3, -0.25) is 0 Å². The third kappa shape index (κ3) is 1.90. The molecule has 3 nitrogen and oxygen atoms in total. The first-order chi connectivity index (χ1) is 7.83. The van der Waals surface area contributed by atoms with Crippen molar-refractivity contribution in [1.82, 2.24) is 5.32 Å². The van der Waals surface area contributed by atoms with Gasteiger partial charge in [0.25, 0.3) is 0 Å². The Hall–Kier alpha value is -0.770. The molecule has 3 rings (SSSR count). The Kier molecular flexibility index (Phi) is 2.75. The quantitative estimate of drug-likeness (QED) is 0.815. The summed E-state index contributed by atoms with van der Waals surface area (Å²) in [4.78, 5) is 0. The first-order valence-corrected chi connectivity index (χ1v) is 5.98. The van der Waals surface area contributed by atoms with Crippen LogP contribution < -0.4 is 10.1 Å². The monoisotopic (exact) mass is 239 g/mol. The predicted octanol–water partition coefficient (Wildman–Crippen LogP) is 2.18. The second-order valence-corrected chi connectivity index (χ2v) is 4.74. The number of nitrogens with one attached hydrogen (secondary N) is 1. The van der Waals surface area contributed by atoms with E-state index in [2.05, 4.69) is 5.32 Å². The largest absolute Gasteiger partial charge is 0.464 e. The molecule has 2 heterocycles. The van der Waals surface area contributed by atoms with Crippen LogP contribution >= 0.6 is 11.6 Å². The first-order valence-electron chi connectivity index (χ1n) is 5.60. The number of hydrogen-bond acceptors (Lipinski definition) is 3. The Bertz CT molecular complexity index is 391. The fraction of sp³-hybridized carbons (Fsp3) is 0.500. The minimum atomic E-state index is -0.108. The highest BCUT2D eigenvalue weighted by Crippen LogP contribution is 2.31. The summed E-state index contributed by atoms with van der Waals surface area (Å²) < 4.78 is 11.6. The Morgan fingerprint density at radius 1 is 1.38 bits per heavy atom. The SMILES string of the molecule is Clc1ccc2c(c1)COC(C1CCNC1)O2.